The Bertz CT molecular complexity index is 601. The number of benzene rings is 2. The van der Waals surface area contributed by atoms with E-state index in [9.17, 15) is 4.79 Å². The molecular formula is C18H20O2. The molecule has 0 aromatic heterocycles. The van der Waals surface area contributed by atoms with Gasteiger partial charge in [0.25, 0.3) is 0 Å². The summed E-state index contributed by atoms with van der Waals surface area (Å²) in [6, 6.07) is 11.7. The minimum absolute atomic E-state index is 0.00405. The van der Waals surface area contributed by atoms with Crippen molar-refractivity contribution in [3.05, 3.63) is 64.2 Å². The fraction of sp³-hybridized carbons (Fsp3) is 0.278. The van der Waals surface area contributed by atoms with Crippen LogP contribution >= 0.6 is 0 Å². The van der Waals surface area contributed by atoms with Gasteiger partial charge in [0.15, 0.2) is 12.4 Å². The van der Waals surface area contributed by atoms with Crippen LogP contribution in [0.25, 0.3) is 0 Å². The smallest absolute Gasteiger partial charge is 0.200 e. The van der Waals surface area contributed by atoms with E-state index in [1.165, 1.54) is 5.56 Å². The number of hydrogen-bond acceptors (Lipinski definition) is 2. The largest absolute Gasteiger partial charge is 0.485 e. The van der Waals surface area contributed by atoms with E-state index in [4.69, 9.17) is 4.74 Å². The first-order chi connectivity index (χ1) is 9.47. The van der Waals surface area contributed by atoms with E-state index in [-0.39, 0.29) is 12.4 Å². The zero-order chi connectivity index (χ0) is 14.7. The normalized spacial score (nSPS) is 10.4. The Kier molecular flexibility index (Phi) is 4.23. The fourth-order valence-corrected chi connectivity index (χ4v) is 2.35. The molecule has 0 unspecified atom stereocenters. The van der Waals surface area contributed by atoms with Gasteiger partial charge >= 0.3 is 0 Å². The van der Waals surface area contributed by atoms with E-state index in [1.807, 2.05) is 45.0 Å². The van der Waals surface area contributed by atoms with Gasteiger partial charge in [-0.3, -0.25) is 4.79 Å². The van der Waals surface area contributed by atoms with Gasteiger partial charge in [0.05, 0.1) is 0 Å². The molecule has 20 heavy (non-hydrogen) atoms. The van der Waals surface area contributed by atoms with Crippen molar-refractivity contribution in [1.82, 2.24) is 0 Å². The Balaban J connectivity index is 2.09. The average Bonchev–Trinajstić information content (AvgIpc) is 2.38. The molecule has 2 nitrogen and oxygen atoms in total. The van der Waals surface area contributed by atoms with Crippen LogP contribution in [0.15, 0.2) is 36.4 Å². The number of hydrogen-bond donors (Lipinski definition) is 0. The lowest BCUT2D eigenvalue weighted by Gasteiger charge is -2.12. The van der Waals surface area contributed by atoms with E-state index in [1.54, 1.807) is 0 Å². The second-order valence-corrected chi connectivity index (χ2v) is 5.31. The first-order valence-electron chi connectivity index (χ1n) is 6.78. The highest BCUT2D eigenvalue weighted by Crippen LogP contribution is 2.24. The van der Waals surface area contributed by atoms with Crippen LogP contribution in [0.5, 0.6) is 5.75 Å². The SMILES string of the molecule is Cc1ccc(C(=O)COc2c(C)cc(C)cc2C)cc1. The number of rotatable bonds is 4. The Hall–Kier alpha value is -2.09. The molecule has 2 aromatic carbocycles. The standard InChI is InChI=1S/C18H20O2/c1-12-5-7-16(8-6-12)17(19)11-20-18-14(3)9-13(2)10-15(18)4/h5-10H,11H2,1-4H3. The van der Waals surface area contributed by atoms with Crippen LogP contribution in [0.4, 0.5) is 0 Å². The molecule has 0 atom stereocenters. The molecule has 2 aromatic rings. The van der Waals surface area contributed by atoms with Gasteiger partial charge in [-0.15, -0.1) is 0 Å². The number of carbonyl (C=O) groups is 1. The van der Waals surface area contributed by atoms with Gasteiger partial charge in [-0.25, -0.2) is 0 Å². The third-order valence-electron chi connectivity index (χ3n) is 3.33. The molecule has 0 saturated carbocycles. The van der Waals surface area contributed by atoms with Gasteiger partial charge in [0, 0.05) is 5.56 Å². The van der Waals surface area contributed by atoms with Crippen LogP contribution in [-0.4, -0.2) is 12.4 Å². The van der Waals surface area contributed by atoms with Crippen LogP contribution in [0.1, 0.15) is 32.6 Å². The van der Waals surface area contributed by atoms with Crippen molar-refractivity contribution < 1.29 is 9.53 Å². The second-order valence-electron chi connectivity index (χ2n) is 5.31. The monoisotopic (exact) mass is 268 g/mol. The molecule has 0 bridgehead atoms. The van der Waals surface area contributed by atoms with Crippen LogP contribution in [0.2, 0.25) is 0 Å². The lowest BCUT2D eigenvalue weighted by molar-refractivity contribution is 0.0920. The quantitative estimate of drug-likeness (QED) is 0.777. The van der Waals surface area contributed by atoms with Crippen molar-refractivity contribution in [2.24, 2.45) is 0 Å². The van der Waals surface area contributed by atoms with Crippen molar-refractivity contribution in [3.63, 3.8) is 0 Å². The fourth-order valence-electron chi connectivity index (χ4n) is 2.35. The van der Waals surface area contributed by atoms with E-state index >= 15 is 0 Å². The van der Waals surface area contributed by atoms with Crippen molar-refractivity contribution in [2.45, 2.75) is 27.7 Å². The highest BCUT2D eigenvalue weighted by molar-refractivity contribution is 5.97. The highest BCUT2D eigenvalue weighted by Gasteiger charge is 2.10. The summed E-state index contributed by atoms with van der Waals surface area (Å²) < 4.78 is 5.72. The van der Waals surface area contributed by atoms with Crippen LogP contribution in [0.3, 0.4) is 0 Å². The number of ketones is 1. The molecule has 0 amide bonds. The molecule has 0 N–H and O–H groups in total. The Morgan fingerprint density at radius 1 is 0.900 bits per heavy atom. The molecule has 0 spiro atoms. The summed E-state index contributed by atoms with van der Waals surface area (Å²) in [5.74, 6) is 0.820. The van der Waals surface area contributed by atoms with Gasteiger partial charge in [-0.1, -0.05) is 47.5 Å². The van der Waals surface area contributed by atoms with Crippen LogP contribution in [-0.2, 0) is 0 Å². The van der Waals surface area contributed by atoms with Gasteiger partial charge < -0.3 is 4.74 Å². The van der Waals surface area contributed by atoms with Crippen molar-refractivity contribution in [3.8, 4) is 5.75 Å². The number of Topliss-reactive ketones (excluding diaryl/α,β-unsaturated/α-hetero) is 1. The van der Waals surface area contributed by atoms with Crippen LogP contribution < -0.4 is 4.74 Å². The lowest BCUT2D eigenvalue weighted by atomic mass is 10.1. The zero-order valence-corrected chi connectivity index (χ0v) is 12.5. The summed E-state index contributed by atoms with van der Waals surface area (Å²) in [5, 5.41) is 0. The molecule has 0 aliphatic carbocycles. The maximum atomic E-state index is 12.1. The molecule has 2 heteroatoms. The highest BCUT2D eigenvalue weighted by atomic mass is 16.5. The zero-order valence-electron chi connectivity index (χ0n) is 12.5. The number of carbonyl (C=O) groups excluding carboxylic acids is 1. The summed E-state index contributed by atoms with van der Waals surface area (Å²) in [4.78, 5) is 12.1. The maximum Gasteiger partial charge on any atom is 0.200 e. The van der Waals surface area contributed by atoms with E-state index < -0.39 is 0 Å². The lowest BCUT2D eigenvalue weighted by Crippen LogP contribution is -2.12. The predicted octanol–water partition coefficient (Wildman–Crippen LogP) is 4.18. The van der Waals surface area contributed by atoms with Crippen LogP contribution in [0, 0.1) is 27.7 Å². The van der Waals surface area contributed by atoms with Crippen molar-refractivity contribution in [2.75, 3.05) is 6.61 Å². The number of ether oxygens (including phenoxy) is 1. The Labute approximate surface area is 120 Å². The molecule has 0 aliphatic heterocycles. The van der Waals surface area contributed by atoms with E-state index in [0.29, 0.717) is 5.56 Å². The maximum absolute atomic E-state index is 12.1. The minimum Gasteiger partial charge on any atom is -0.485 e. The Morgan fingerprint density at radius 3 is 2.00 bits per heavy atom. The van der Waals surface area contributed by atoms with E-state index in [2.05, 4.69) is 19.1 Å². The molecule has 2 rings (SSSR count). The first-order valence-corrected chi connectivity index (χ1v) is 6.78. The first kappa shape index (κ1) is 14.3. The summed E-state index contributed by atoms with van der Waals surface area (Å²) in [5.41, 5.74) is 5.18. The van der Waals surface area contributed by atoms with Gasteiger partial charge in [0.2, 0.25) is 0 Å². The topological polar surface area (TPSA) is 26.3 Å². The van der Waals surface area contributed by atoms with Crippen molar-refractivity contribution >= 4 is 5.78 Å². The number of aryl methyl sites for hydroxylation is 4. The molecule has 0 fully saturated rings. The van der Waals surface area contributed by atoms with Gasteiger partial charge in [-0.2, -0.15) is 0 Å². The minimum atomic E-state index is 0.00405. The molecular weight excluding hydrogens is 248 g/mol. The van der Waals surface area contributed by atoms with Crippen molar-refractivity contribution in [1.29, 1.82) is 0 Å². The second kappa shape index (κ2) is 5.91. The molecule has 0 heterocycles. The Morgan fingerprint density at radius 2 is 1.45 bits per heavy atom. The summed E-state index contributed by atoms with van der Waals surface area (Å²) in [6.07, 6.45) is 0. The third-order valence-corrected chi connectivity index (χ3v) is 3.33. The molecule has 0 saturated heterocycles. The van der Waals surface area contributed by atoms with E-state index in [0.717, 1.165) is 22.4 Å². The predicted molar refractivity (Wildman–Crippen MR) is 81.7 cm³/mol. The summed E-state index contributed by atoms with van der Waals surface area (Å²) in [7, 11) is 0. The van der Waals surface area contributed by atoms with Gasteiger partial charge in [0.1, 0.15) is 5.75 Å². The third kappa shape index (κ3) is 3.27. The average molecular weight is 268 g/mol. The summed E-state index contributed by atoms with van der Waals surface area (Å²) >= 11 is 0. The summed E-state index contributed by atoms with van der Waals surface area (Å²) in [6.45, 7) is 8.15. The molecule has 104 valence electrons. The van der Waals surface area contributed by atoms with Gasteiger partial charge in [-0.05, 0) is 38.8 Å². The molecule has 0 radical (unpaired) electrons. The molecule has 0 aliphatic rings.